The van der Waals surface area contributed by atoms with Gasteiger partial charge in [0, 0.05) is 49.1 Å². The van der Waals surface area contributed by atoms with Crippen LogP contribution in [0.4, 0.5) is 11.4 Å². The van der Waals surface area contributed by atoms with Crippen LogP contribution in [-0.2, 0) is 0 Å². The third-order valence-electron chi connectivity index (χ3n) is 4.43. The number of hydrogen-bond acceptors (Lipinski definition) is 5. The van der Waals surface area contributed by atoms with E-state index in [-0.39, 0.29) is 17.3 Å². The fourth-order valence-corrected chi connectivity index (χ4v) is 2.95. The Balaban J connectivity index is 1.68. The number of aryl methyl sites for hydroxylation is 1. The van der Waals surface area contributed by atoms with Crippen LogP contribution in [0.15, 0.2) is 42.5 Å². The number of benzene rings is 2. The number of amides is 1. The molecule has 7 heteroatoms. The van der Waals surface area contributed by atoms with E-state index < -0.39 is 4.92 Å². The summed E-state index contributed by atoms with van der Waals surface area (Å²) in [5.41, 5.74) is 1.85. The Morgan fingerprint density at radius 2 is 1.72 bits per heavy atom. The molecule has 0 saturated carbocycles. The highest BCUT2D eigenvalue weighted by molar-refractivity contribution is 5.95. The van der Waals surface area contributed by atoms with Gasteiger partial charge in [-0.3, -0.25) is 14.9 Å². The minimum absolute atomic E-state index is 0.0337. The number of piperazine rings is 1. The number of nitrogens with zero attached hydrogens (tertiary/aromatic N) is 3. The van der Waals surface area contributed by atoms with Gasteiger partial charge < -0.3 is 14.9 Å². The molecule has 1 saturated heterocycles. The van der Waals surface area contributed by atoms with Crippen molar-refractivity contribution in [3.05, 3.63) is 63.7 Å². The zero-order valence-electron chi connectivity index (χ0n) is 13.9. The lowest BCUT2D eigenvalue weighted by Gasteiger charge is -2.36. The summed E-state index contributed by atoms with van der Waals surface area (Å²) in [6, 6.07) is 11.6. The Labute approximate surface area is 145 Å². The summed E-state index contributed by atoms with van der Waals surface area (Å²) >= 11 is 0. The molecule has 0 atom stereocenters. The third kappa shape index (κ3) is 3.55. The molecule has 0 bridgehead atoms. The Morgan fingerprint density at radius 1 is 1.08 bits per heavy atom. The minimum Gasteiger partial charge on any atom is -0.508 e. The maximum atomic E-state index is 12.6. The maximum Gasteiger partial charge on any atom is 0.273 e. The molecule has 25 heavy (non-hydrogen) atoms. The number of hydrogen-bond donors (Lipinski definition) is 1. The molecule has 0 radical (unpaired) electrons. The zero-order valence-corrected chi connectivity index (χ0v) is 13.9. The number of nitro benzene ring substituents is 1. The summed E-state index contributed by atoms with van der Waals surface area (Å²) in [4.78, 5) is 27.1. The van der Waals surface area contributed by atoms with E-state index in [1.165, 1.54) is 6.07 Å². The first kappa shape index (κ1) is 16.8. The quantitative estimate of drug-likeness (QED) is 0.685. The van der Waals surface area contributed by atoms with Gasteiger partial charge in [-0.2, -0.15) is 0 Å². The number of nitro groups is 1. The summed E-state index contributed by atoms with van der Waals surface area (Å²) in [6.07, 6.45) is 0. The summed E-state index contributed by atoms with van der Waals surface area (Å²) < 4.78 is 0. The summed E-state index contributed by atoms with van der Waals surface area (Å²) in [5, 5.41) is 20.4. The summed E-state index contributed by atoms with van der Waals surface area (Å²) in [6.45, 7) is 4.08. The first-order valence-corrected chi connectivity index (χ1v) is 8.04. The van der Waals surface area contributed by atoms with Gasteiger partial charge in [0.15, 0.2) is 0 Å². The number of phenols is 1. The lowest BCUT2D eigenvalue weighted by Crippen LogP contribution is -2.48. The second kappa shape index (κ2) is 6.80. The van der Waals surface area contributed by atoms with Crippen molar-refractivity contribution in [3.8, 4) is 5.75 Å². The predicted molar refractivity (Wildman–Crippen MR) is 94.1 cm³/mol. The first-order chi connectivity index (χ1) is 12.0. The van der Waals surface area contributed by atoms with Crippen LogP contribution in [0.5, 0.6) is 5.75 Å². The van der Waals surface area contributed by atoms with Gasteiger partial charge in [0.1, 0.15) is 5.75 Å². The minimum atomic E-state index is -0.463. The molecule has 1 amide bonds. The fourth-order valence-electron chi connectivity index (χ4n) is 2.95. The second-order valence-electron chi connectivity index (χ2n) is 6.05. The van der Waals surface area contributed by atoms with E-state index in [9.17, 15) is 20.0 Å². The van der Waals surface area contributed by atoms with E-state index >= 15 is 0 Å². The molecule has 0 aromatic heterocycles. The molecule has 1 N–H and O–H groups in total. The van der Waals surface area contributed by atoms with E-state index in [0.717, 1.165) is 5.69 Å². The van der Waals surface area contributed by atoms with Gasteiger partial charge in [0.25, 0.3) is 11.6 Å². The van der Waals surface area contributed by atoms with Gasteiger partial charge >= 0.3 is 0 Å². The van der Waals surface area contributed by atoms with E-state index in [2.05, 4.69) is 4.90 Å². The maximum absolute atomic E-state index is 12.6. The van der Waals surface area contributed by atoms with Crippen LogP contribution in [0.1, 0.15) is 15.9 Å². The average molecular weight is 341 g/mol. The van der Waals surface area contributed by atoms with Crippen LogP contribution in [0.25, 0.3) is 0 Å². The lowest BCUT2D eigenvalue weighted by molar-refractivity contribution is -0.385. The topological polar surface area (TPSA) is 86.9 Å². The number of carbonyl (C=O) groups is 1. The molecule has 0 aliphatic carbocycles. The van der Waals surface area contributed by atoms with Crippen molar-refractivity contribution in [2.75, 3.05) is 31.1 Å². The molecule has 1 heterocycles. The molecule has 2 aromatic rings. The van der Waals surface area contributed by atoms with Crippen LogP contribution >= 0.6 is 0 Å². The lowest BCUT2D eigenvalue weighted by atomic mass is 10.1. The molecule has 3 rings (SSSR count). The summed E-state index contributed by atoms with van der Waals surface area (Å²) in [5.74, 6) is 0.0342. The van der Waals surface area contributed by atoms with Crippen LogP contribution in [-0.4, -0.2) is 47.0 Å². The van der Waals surface area contributed by atoms with Crippen molar-refractivity contribution in [2.24, 2.45) is 0 Å². The van der Waals surface area contributed by atoms with Gasteiger partial charge in [0.05, 0.1) is 4.92 Å². The van der Waals surface area contributed by atoms with Crippen LogP contribution < -0.4 is 4.90 Å². The largest absolute Gasteiger partial charge is 0.508 e. The van der Waals surface area contributed by atoms with Gasteiger partial charge in [-0.05, 0) is 37.3 Å². The molecular formula is C18H19N3O4. The number of aromatic hydroxyl groups is 1. The highest BCUT2D eigenvalue weighted by Gasteiger charge is 2.24. The Bertz CT molecular complexity index is 796. The van der Waals surface area contributed by atoms with Crippen LogP contribution in [0, 0.1) is 17.0 Å². The molecule has 1 fully saturated rings. The molecule has 0 spiro atoms. The van der Waals surface area contributed by atoms with Gasteiger partial charge in [-0.15, -0.1) is 0 Å². The van der Waals surface area contributed by atoms with Crippen molar-refractivity contribution in [3.63, 3.8) is 0 Å². The molecule has 130 valence electrons. The van der Waals surface area contributed by atoms with E-state index in [1.807, 2.05) is 12.1 Å². The van der Waals surface area contributed by atoms with Crippen LogP contribution in [0.2, 0.25) is 0 Å². The second-order valence-corrected chi connectivity index (χ2v) is 6.05. The number of anilines is 1. The monoisotopic (exact) mass is 341 g/mol. The Kier molecular flexibility index (Phi) is 4.56. The van der Waals surface area contributed by atoms with E-state index in [1.54, 1.807) is 36.1 Å². The average Bonchev–Trinajstić information content (AvgIpc) is 2.62. The normalized spacial score (nSPS) is 14.4. The highest BCUT2D eigenvalue weighted by Crippen LogP contribution is 2.22. The van der Waals surface area contributed by atoms with Crippen molar-refractivity contribution < 1.29 is 14.8 Å². The van der Waals surface area contributed by atoms with E-state index in [4.69, 9.17) is 0 Å². The predicted octanol–water partition coefficient (Wildman–Crippen LogP) is 2.57. The fraction of sp³-hybridized carbons (Fsp3) is 0.278. The van der Waals surface area contributed by atoms with Gasteiger partial charge in [-0.1, -0.05) is 6.07 Å². The Morgan fingerprint density at radius 3 is 2.32 bits per heavy atom. The summed E-state index contributed by atoms with van der Waals surface area (Å²) in [7, 11) is 0. The molecule has 0 unspecified atom stereocenters. The van der Waals surface area contributed by atoms with Crippen LogP contribution in [0.3, 0.4) is 0 Å². The van der Waals surface area contributed by atoms with Crippen molar-refractivity contribution in [2.45, 2.75) is 6.92 Å². The molecule has 1 aliphatic rings. The van der Waals surface area contributed by atoms with Crippen molar-refractivity contribution >= 4 is 17.3 Å². The SMILES string of the molecule is Cc1ccc(C(=O)N2CCN(c3ccc(O)cc3)CC2)cc1[N+](=O)[O-]. The number of carbonyl (C=O) groups excluding carboxylic acids is 1. The number of rotatable bonds is 3. The van der Waals surface area contributed by atoms with Crippen molar-refractivity contribution in [1.29, 1.82) is 0 Å². The van der Waals surface area contributed by atoms with Gasteiger partial charge in [0.2, 0.25) is 0 Å². The highest BCUT2D eigenvalue weighted by atomic mass is 16.6. The standard InChI is InChI=1S/C18H19N3O4/c1-13-2-3-14(12-17(13)21(24)25)18(23)20-10-8-19(9-11-20)15-4-6-16(22)7-5-15/h2-7,12,22H,8-11H2,1H3. The van der Waals surface area contributed by atoms with Gasteiger partial charge in [-0.25, -0.2) is 0 Å². The molecular weight excluding hydrogens is 322 g/mol. The third-order valence-corrected chi connectivity index (χ3v) is 4.43. The van der Waals surface area contributed by atoms with E-state index in [0.29, 0.717) is 37.3 Å². The van der Waals surface area contributed by atoms with Crippen molar-refractivity contribution in [1.82, 2.24) is 4.90 Å². The zero-order chi connectivity index (χ0) is 18.0. The smallest absolute Gasteiger partial charge is 0.273 e. The molecule has 2 aromatic carbocycles. The first-order valence-electron chi connectivity index (χ1n) is 8.04. The number of phenolic OH excluding ortho intramolecular Hbond substituents is 1. The Hall–Kier alpha value is -3.09. The molecule has 7 nitrogen and oxygen atoms in total. The molecule has 1 aliphatic heterocycles.